The van der Waals surface area contributed by atoms with Gasteiger partial charge in [0.2, 0.25) is 0 Å². The molecule has 232 valence electrons. The molecule has 2 aromatic carbocycles. The molecule has 0 radical (unpaired) electrons. The highest BCUT2D eigenvalue weighted by molar-refractivity contribution is 5.93. The lowest BCUT2D eigenvalue weighted by molar-refractivity contribution is -0.141. The fourth-order valence-corrected chi connectivity index (χ4v) is 5.90. The van der Waals surface area contributed by atoms with Crippen molar-refractivity contribution in [2.45, 2.75) is 84.1 Å². The highest BCUT2D eigenvalue weighted by Gasteiger charge is 2.42. The van der Waals surface area contributed by atoms with Crippen LogP contribution in [0.15, 0.2) is 73.1 Å². The van der Waals surface area contributed by atoms with Crippen LogP contribution in [0.5, 0.6) is 0 Å². The minimum absolute atomic E-state index is 0.0847. The fraction of sp³-hybridized carbons (Fsp3) is 0.486. The number of carbonyl (C=O) groups is 2. The second-order valence-electron chi connectivity index (χ2n) is 12.3. The summed E-state index contributed by atoms with van der Waals surface area (Å²) in [5.74, 6) is -0.368. The van der Waals surface area contributed by atoms with E-state index in [1.54, 1.807) is 23.2 Å². The van der Waals surface area contributed by atoms with Gasteiger partial charge in [0, 0.05) is 19.6 Å². The minimum Gasteiger partial charge on any atom is -0.444 e. The number of benzene rings is 2. The number of likely N-dealkylation sites (tertiary alicyclic amines) is 1. The zero-order valence-corrected chi connectivity index (χ0v) is 26.2. The molecule has 2 aromatic rings. The van der Waals surface area contributed by atoms with E-state index in [4.69, 9.17) is 9.47 Å². The Kier molecular flexibility index (Phi) is 10.7. The molecule has 2 aliphatic rings. The molecule has 8 heteroatoms. The molecule has 2 amide bonds. The van der Waals surface area contributed by atoms with Gasteiger partial charge in [-0.3, -0.25) is 4.79 Å². The number of allylic oxidation sites excluding steroid dienone is 1. The number of halogens is 1. The first-order valence-corrected chi connectivity index (χ1v) is 15.4. The highest BCUT2D eigenvalue weighted by Crippen LogP contribution is 2.35. The molecule has 0 spiro atoms. The molecule has 2 fully saturated rings. The second-order valence-corrected chi connectivity index (χ2v) is 12.3. The Morgan fingerprint density at radius 2 is 1.88 bits per heavy atom. The number of hydrogen-bond acceptors (Lipinski definition) is 5. The van der Waals surface area contributed by atoms with Gasteiger partial charge in [-0.25, -0.2) is 9.18 Å². The van der Waals surface area contributed by atoms with E-state index in [1.165, 1.54) is 12.1 Å². The summed E-state index contributed by atoms with van der Waals surface area (Å²) in [6, 6.07) is 14.1. The molecule has 2 heterocycles. The van der Waals surface area contributed by atoms with E-state index in [-0.39, 0.29) is 36.0 Å². The van der Waals surface area contributed by atoms with E-state index in [0.717, 1.165) is 36.0 Å². The van der Waals surface area contributed by atoms with Gasteiger partial charge in [0.1, 0.15) is 17.1 Å². The van der Waals surface area contributed by atoms with Crippen molar-refractivity contribution in [2.75, 3.05) is 26.2 Å². The molecule has 3 unspecified atom stereocenters. The first-order valence-electron chi connectivity index (χ1n) is 15.4. The van der Waals surface area contributed by atoms with Crippen LogP contribution in [-0.4, -0.2) is 70.7 Å². The molecule has 0 bridgehead atoms. The number of piperidine rings is 1. The average Bonchev–Trinajstić information content (AvgIpc) is 2.99. The van der Waals surface area contributed by atoms with Gasteiger partial charge in [-0.1, -0.05) is 62.4 Å². The van der Waals surface area contributed by atoms with Crippen LogP contribution in [0.25, 0.3) is 11.1 Å². The average molecular weight is 592 g/mol. The lowest BCUT2D eigenvalue weighted by atomic mass is 9.94. The van der Waals surface area contributed by atoms with Crippen LogP contribution in [0, 0.1) is 5.82 Å². The number of rotatable bonds is 9. The Bertz CT molecular complexity index is 1300. The maximum atomic E-state index is 14.3. The standard InChI is InChI=1S/C35H46FN3O4/c1-7-9-10-15-31(38(8-2)25(3)28-13-11-12-14-29(28)26-16-18-27(36)19-17-26)33(40)37-21-20-30-32(24-37)42-23-22-39(30)34(41)43-35(4,5)6/h8,11-19,25,30,32H,2,7,9-10,20-24H2,1,3-6H3. The first-order chi connectivity index (χ1) is 20.5. The predicted molar refractivity (Wildman–Crippen MR) is 168 cm³/mol. The van der Waals surface area contributed by atoms with E-state index < -0.39 is 5.60 Å². The summed E-state index contributed by atoms with van der Waals surface area (Å²) in [6.07, 6.45) is 6.45. The number of carbonyl (C=O) groups excluding carboxylic acids is 2. The lowest BCUT2D eigenvalue weighted by Gasteiger charge is -2.47. The van der Waals surface area contributed by atoms with Crippen LogP contribution in [0.4, 0.5) is 9.18 Å². The number of morpholine rings is 1. The molecule has 7 nitrogen and oxygen atoms in total. The highest BCUT2D eigenvalue weighted by atomic mass is 19.1. The summed E-state index contributed by atoms with van der Waals surface area (Å²) in [6.45, 7) is 15.6. The zero-order chi connectivity index (χ0) is 31.1. The Labute approximate surface area is 255 Å². The smallest absolute Gasteiger partial charge is 0.410 e. The quantitative estimate of drug-likeness (QED) is 0.226. The normalized spacial score (nSPS) is 19.8. The number of unbranched alkanes of at least 4 members (excludes halogenated alkanes) is 2. The monoisotopic (exact) mass is 591 g/mol. The Morgan fingerprint density at radius 3 is 2.56 bits per heavy atom. The SMILES string of the molecule is C=CN(C(=CCCCC)C(=O)N1CCC2C(C1)OCCN2C(=O)OC(C)(C)C)C(C)c1ccccc1-c1ccc(F)cc1. The molecular formula is C35H46FN3O4. The lowest BCUT2D eigenvalue weighted by Crippen LogP contribution is -2.62. The summed E-state index contributed by atoms with van der Waals surface area (Å²) in [7, 11) is 0. The molecule has 0 aliphatic carbocycles. The van der Waals surface area contributed by atoms with Crippen molar-refractivity contribution >= 4 is 12.0 Å². The van der Waals surface area contributed by atoms with Crippen LogP contribution in [0.3, 0.4) is 0 Å². The van der Waals surface area contributed by atoms with Crippen molar-refractivity contribution in [3.8, 4) is 11.1 Å². The Morgan fingerprint density at radius 1 is 1.16 bits per heavy atom. The number of amides is 2. The zero-order valence-electron chi connectivity index (χ0n) is 26.2. The van der Waals surface area contributed by atoms with Gasteiger partial charge in [-0.05, 0) is 82.0 Å². The van der Waals surface area contributed by atoms with Gasteiger partial charge in [0.05, 0.1) is 24.8 Å². The van der Waals surface area contributed by atoms with E-state index in [9.17, 15) is 14.0 Å². The van der Waals surface area contributed by atoms with Crippen molar-refractivity contribution in [3.63, 3.8) is 0 Å². The molecule has 2 aliphatic heterocycles. The van der Waals surface area contributed by atoms with Crippen molar-refractivity contribution < 1.29 is 23.5 Å². The molecule has 0 aromatic heterocycles. The van der Waals surface area contributed by atoms with Crippen LogP contribution >= 0.6 is 0 Å². The molecule has 0 N–H and O–H groups in total. The first kappa shape index (κ1) is 32.3. The van der Waals surface area contributed by atoms with Crippen LogP contribution in [0.2, 0.25) is 0 Å². The maximum absolute atomic E-state index is 14.3. The van der Waals surface area contributed by atoms with Crippen LogP contribution in [0.1, 0.15) is 71.9 Å². The summed E-state index contributed by atoms with van der Waals surface area (Å²) in [5, 5.41) is 0. The maximum Gasteiger partial charge on any atom is 0.410 e. The molecule has 4 rings (SSSR count). The van der Waals surface area contributed by atoms with Crippen LogP contribution < -0.4 is 0 Å². The Balaban J connectivity index is 1.58. The molecule has 2 saturated heterocycles. The molecule has 3 atom stereocenters. The van der Waals surface area contributed by atoms with Gasteiger partial charge in [0.15, 0.2) is 0 Å². The van der Waals surface area contributed by atoms with Crippen LogP contribution in [-0.2, 0) is 14.3 Å². The van der Waals surface area contributed by atoms with Crippen molar-refractivity contribution in [3.05, 3.63) is 84.5 Å². The van der Waals surface area contributed by atoms with Crippen molar-refractivity contribution in [1.82, 2.24) is 14.7 Å². The third-order valence-electron chi connectivity index (χ3n) is 8.08. The summed E-state index contributed by atoms with van der Waals surface area (Å²) >= 11 is 0. The third kappa shape index (κ3) is 7.85. The van der Waals surface area contributed by atoms with E-state index in [2.05, 4.69) is 20.4 Å². The van der Waals surface area contributed by atoms with Gasteiger partial charge >= 0.3 is 6.09 Å². The molecular weight excluding hydrogens is 545 g/mol. The number of hydrogen-bond donors (Lipinski definition) is 0. The number of ether oxygens (including phenoxy) is 2. The third-order valence-corrected chi connectivity index (χ3v) is 8.08. The topological polar surface area (TPSA) is 62.3 Å². The molecule has 43 heavy (non-hydrogen) atoms. The predicted octanol–water partition coefficient (Wildman–Crippen LogP) is 7.31. The van der Waals surface area contributed by atoms with Gasteiger partial charge in [-0.2, -0.15) is 0 Å². The van der Waals surface area contributed by atoms with Crippen molar-refractivity contribution in [2.24, 2.45) is 0 Å². The summed E-state index contributed by atoms with van der Waals surface area (Å²) < 4.78 is 25.5. The number of fused-ring (bicyclic) bond motifs is 1. The van der Waals surface area contributed by atoms with Gasteiger partial charge < -0.3 is 24.2 Å². The molecule has 0 saturated carbocycles. The van der Waals surface area contributed by atoms with E-state index >= 15 is 0 Å². The largest absolute Gasteiger partial charge is 0.444 e. The van der Waals surface area contributed by atoms with E-state index in [0.29, 0.717) is 38.4 Å². The Hall–Kier alpha value is -3.65. The van der Waals surface area contributed by atoms with E-state index in [1.807, 2.05) is 60.9 Å². The minimum atomic E-state index is -0.583. The number of nitrogens with zero attached hydrogens (tertiary/aromatic N) is 3. The van der Waals surface area contributed by atoms with Crippen molar-refractivity contribution in [1.29, 1.82) is 0 Å². The van der Waals surface area contributed by atoms with Gasteiger partial charge in [0.25, 0.3) is 5.91 Å². The summed E-state index contributed by atoms with van der Waals surface area (Å²) in [4.78, 5) is 32.8. The fourth-order valence-electron chi connectivity index (χ4n) is 5.90. The second kappa shape index (κ2) is 14.2. The van der Waals surface area contributed by atoms with Gasteiger partial charge in [-0.15, -0.1) is 0 Å². The summed E-state index contributed by atoms with van der Waals surface area (Å²) in [5.41, 5.74) is 2.87.